The minimum absolute atomic E-state index is 0.0766. The van der Waals surface area contributed by atoms with E-state index in [0.29, 0.717) is 15.8 Å². The van der Waals surface area contributed by atoms with Crippen LogP contribution < -0.4 is 10.1 Å². The highest BCUT2D eigenvalue weighted by Gasteiger charge is 2.14. The van der Waals surface area contributed by atoms with Crippen LogP contribution in [0.4, 0.5) is 0 Å². The van der Waals surface area contributed by atoms with Crippen LogP contribution in [0.2, 0.25) is 10.0 Å². The molecule has 0 fully saturated rings. The summed E-state index contributed by atoms with van der Waals surface area (Å²) in [6.45, 7) is 0.241. The first kappa shape index (κ1) is 19.0. The van der Waals surface area contributed by atoms with E-state index in [1.54, 1.807) is 29.5 Å². The lowest BCUT2D eigenvalue weighted by Crippen LogP contribution is -2.33. The zero-order valence-electron chi connectivity index (χ0n) is 12.7. The highest BCUT2D eigenvalue weighted by molar-refractivity contribution is 7.07. The van der Waals surface area contributed by atoms with Gasteiger partial charge >= 0.3 is 0 Å². The maximum absolute atomic E-state index is 11.9. The van der Waals surface area contributed by atoms with Crippen molar-refractivity contribution < 1.29 is 19.4 Å². The molecule has 5 nitrogen and oxygen atoms in total. The predicted octanol–water partition coefficient (Wildman–Crippen LogP) is 3.30. The van der Waals surface area contributed by atoms with Crippen LogP contribution in [-0.4, -0.2) is 37.4 Å². The Bertz CT molecular complexity index is 652. The number of thiophene rings is 1. The quantitative estimate of drug-likeness (QED) is 0.690. The van der Waals surface area contributed by atoms with Gasteiger partial charge in [-0.2, -0.15) is 11.3 Å². The molecule has 0 spiro atoms. The molecule has 0 aliphatic rings. The molecule has 0 saturated heterocycles. The summed E-state index contributed by atoms with van der Waals surface area (Å²) in [7, 11) is 0. The van der Waals surface area contributed by atoms with Gasteiger partial charge in [0.05, 0.1) is 18.2 Å². The lowest BCUT2D eigenvalue weighted by molar-refractivity contribution is -0.123. The Hall–Kier alpha value is -1.31. The van der Waals surface area contributed by atoms with Crippen LogP contribution in [0.25, 0.3) is 0 Å². The van der Waals surface area contributed by atoms with Gasteiger partial charge in [0.25, 0.3) is 5.91 Å². The molecule has 1 atom stereocenters. The van der Waals surface area contributed by atoms with Crippen molar-refractivity contribution in [2.75, 3.05) is 26.4 Å². The van der Waals surface area contributed by atoms with Gasteiger partial charge in [0, 0.05) is 11.6 Å². The van der Waals surface area contributed by atoms with E-state index < -0.39 is 0 Å². The zero-order valence-corrected chi connectivity index (χ0v) is 15.0. The Morgan fingerprint density at radius 2 is 2.17 bits per heavy atom. The number of ether oxygens (including phenoxy) is 2. The average molecular weight is 390 g/mol. The fourth-order valence-corrected chi connectivity index (χ4v) is 3.08. The largest absolute Gasteiger partial charge is 0.482 e. The number of aliphatic hydroxyl groups is 1. The molecule has 2 N–H and O–H groups in total. The third-order valence-corrected chi connectivity index (χ3v) is 4.29. The molecule has 2 rings (SSSR count). The van der Waals surface area contributed by atoms with Gasteiger partial charge in [0.15, 0.2) is 6.61 Å². The van der Waals surface area contributed by atoms with E-state index in [-0.39, 0.29) is 38.4 Å². The second kappa shape index (κ2) is 9.86. The molecular formula is C16H17Cl2NO4S. The minimum atomic E-state index is -0.313. The van der Waals surface area contributed by atoms with E-state index in [9.17, 15) is 4.79 Å². The first-order valence-corrected chi connectivity index (χ1v) is 8.89. The normalized spacial score (nSPS) is 12.0. The van der Waals surface area contributed by atoms with E-state index in [1.165, 1.54) is 0 Å². The second-order valence-corrected chi connectivity index (χ2v) is 6.43. The Balaban J connectivity index is 1.82. The van der Waals surface area contributed by atoms with Gasteiger partial charge in [-0.05, 0) is 40.6 Å². The second-order valence-electron chi connectivity index (χ2n) is 4.81. The summed E-state index contributed by atoms with van der Waals surface area (Å²) in [5.41, 5.74) is 0.954. The topological polar surface area (TPSA) is 67.8 Å². The van der Waals surface area contributed by atoms with Crippen LogP contribution in [0.15, 0.2) is 35.0 Å². The molecule has 0 radical (unpaired) electrons. The Morgan fingerprint density at radius 3 is 2.83 bits per heavy atom. The van der Waals surface area contributed by atoms with Gasteiger partial charge < -0.3 is 19.9 Å². The Labute approximate surface area is 154 Å². The number of aliphatic hydroxyl groups excluding tert-OH is 1. The summed E-state index contributed by atoms with van der Waals surface area (Å²) in [5.74, 6) is 0.0935. The molecule has 8 heteroatoms. The van der Waals surface area contributed by atoms with Crippen molar-refractivity contribution in [2.24, 2.45) is 0 Å². The lowest BCUT2D eigenvalue weighted by atomic mass is 10.2. The SMILES string of the molecule is O=C(COc1ccc(Cl)cc1Cl)NC[C@H](OCCO)c1ccsc1. The molecule has 1 aromatic heterocycles. The maximum Gasteiger partial charge on any atom is 0.258 e. The van der Waals surface area contributed by atoms with E-state index in [4.69, 9.17) is 37.8 Å². The van der Waals surface area contributed by atoms with Crippen LogP contribution in [0.5, 0.6) is 5.75 Å². The molecule has 24 heavy (non-hydrogen) atoms. The number of halogens is 2. The molecule has 1 aromatic carbocycles. The maximum atomic E-state index is 11.9. The molecule has 0 bridgehead atoms. The molecular weight excluding hydrogens is 373 g/mol. The summed E-state index contributed by atoms with van der Waals surface area (Å²) in [4.78, 5) is 11.9. The molecule has 0 aliphatic heterocycles. The minimum Gasteiger partial charge on any atom is -0.482 e. The molecule has 2 aromatic rings. The number of nitrogens with one attached hydrogen (secondary N) is 1. The molecule has 1 heterocycles. The van der Waals surface area contributed by atoms with E-state index >= 15 is 0 Å². The summed E-state index contributed by atoms with van der Waals surface area (Å²) in [6, 6.07) is 6.71. The van der Waals surface area contributed by atoms with Crippen molar-refractivity contribution >= 4 is 40.4 Å². The number of amides is 1. The highest BCUT2D eigenvalue weighted by atomic mass is 35.5. The standard InChI is InChI=1S/C16H17Cl2NO4S/c17-12-1-2-14(13(18)7-12)23-9-16(21)19-8-15(22-5-4-20)11-3-6-24-10-11/h1-3,6-7,10,15,20H,4-5,8-9H2,(H,19,21)/t15-/m0/s1. The summed E-state index contributed by atoms with van der Waals surface area (Å²) < 4.78 is 10.9. The van der Waals surface area contributed by atoms with E-state index in [0.717, 1.165) is 5.56 Å². The number of hydrogen-bond donors (Lipinski definition) is 2. The van der Waals surface area contributed by atoms with E-state index in [1.807, 2.05) is 16.8 Å². The number of hydrogen-bond acceptors (Lipinski definition) is 5. The van der Waals surface area contributed by atoms with Crippen LogP contribution >= 0.6 is 34.5 Å². The monoisotopic (exact) mass is 389 g/mol. The van der Waals surface area contributed by atoms with E-state index in [2.05, 4.69) is 5.32 Å². The van der Waals surface area contributed by atoms with Gasteiger partial charge in [-0.1, -0.05) is 23.2 Å². The Kier molecular flexibility index (Phi) is 7.81. The van der Waals surface area contributed by atoms with Gasteiger partial charge in [0.1, 0.15) is 11.9 Å². The summed E-state index contributed by atoms with van der Waals surface area (Å²) in [6.07, 6.45) is -0.313. The van der Waals surface area contributed by atoms with Crippen LogP contribution in [-0.2, 0) is 9.53 Å². The number of rotatable bonds is 9. The first-order valence-electron chi connectivity index (χ1n) is 7.19. The molecule has 0 saturated carbocycles. The van der Waals surface area contributed by atoms with Crippen molar-refractivity contribution in [1.82, 2.24) is 5.32 Å². The predicted molar refractivity (Wildman–Crippen MR) is 95.1 cm³/mol. The van der Waals surface area contributed by atoms with Crippen molar-refractivity contribution in [2.45, 2.75) is 6.10 Å². The molecule has 0 unspecified atom stereocenters. The van der Waals surface area contributed by atoms with Gasteiger partial charge in [-0.15, -0.1) is 0 Å². The van der Waals surface area contributed by atoms with Gasteiger partial charge in [-0.25, -0.2) is 0 Å². The highest BCUT2D eigenvalue weighted by Crippen LogP contribution is 2.27. The smallest absolute Gasteiger partial charge is 0.258 e. The third-order valence-electron chi connectivity index (χ3n) is 3.06. The fraction of sp³-hybridized carbons (Fsp3) is 0.312. The number of carbonyl (C=O) groups excluding carboxylic acids is 1. The molecule has 0 aliphatic carbocycles. The number of carbonyl (C=O) groups is 1. The van der Waals surface area contributed by atoms with Gasteiger partial charge in [0.2, 0.25) is 0 Å². The zero-order chi connectivity index (χ0) is 17.4. The van der Waals surface area contributed by atoms with Crippen molar-refractivity contribution in [3.05, 3.63) is 50.6 Å². The first-order chi connectivity index (χ1) is 11.6. The van der Waals surface area contributed by atoms with Crippen molar-refractivity contribution in [3.63, 3.8) is 0 Å². The van der Waals surface area contributed by atoms with Crippen LogP contribution in [0.3, 0.4) is 0 Å². The van der Waals surface area contributed by atoms with Crippen LogP contribution in [0, 0.1) is 0 Å². The summed E-state index contributed by atoms with van der Waals surface area (Å²) in [5, 5.41) is 16.4. The Morgan fingerprint density at radius 1 is 1.33 bits per heavy atom. The van der Waals surface area contributed by atoms with Gasteiger partial charge in [-0.3, -0.25) is 4.79 Å². The third kappa shape index (κ3) is 5.96. The fourth-order valence-electron chi connectivity index (χ4n) is 1.92. The van der Waals surface area contributed by atoms with Crippen molar-refractivity contribution in [1.29, 1.82) is 0 Å². The van der Waals surface area contributed by atoms with Crippen LogP contribution in [0.1, 0.15) is 11.7 Å². The molecule has 1 amide bonds. The molecule has 130 valence electrons. The lowest BCUT2D eigenvalue weighted by Gasteiger charge is -2.17. The van der Waals surface area contributed by atoms with Crippen molar-refractivity contribution in [3.8, 4) is 5.75 Å². The number of benzene rings is 1. The average Bonchev–Trinajstić information content (AvgIpc) is 3.08. The summed E-state index contributed by atoms with van der Waals surface area (Å²) >= 11 is 13.3.